The minimum absolute atomic E-state index is 0.510. The van der Waals surface area contributed by atoms with Crippen molar-refractivity contribution in [2.75, 3.05) is 0 Å². The number of nitriles is 2. The summed E-state index contributed by atoms with van der Waals surface area (Å²) < 4.78 is 18.0. The van der Waals surface area contributed by atoms with Crippen molar-refractivity contribution < 1.29 is 8.83 Å². The molecule has 0 aliphatic heterocycles. The molecule has 286 valence electrons. The lowest BCUT2D eigenvalue weighted by atomic mass is 9.93. The number of hydrogen-bond acceptors (Lipinski definition) is 4. The van der Waals surface area contributed by atoms with Crippen molar-refractivity contribution in [1.82, 2.24) is 9.13 Å². The fourth-order valence-electron chi connectivity index (χ4n) is 9.92. The summed E-state index contributed by atoms with van der Waals surface area (Å²) in [5.74, 6) is 0. The van der Waals surface area contributed by atoms with E-state index in [0.29, 0.717) is 11.1 Å². The van der Waals surface area contributed by atoms with Gasteiger partial charge in [0.2, 0.25) is 0 Å². The number of fused-ring (bicyclic) bond motifs is 14. The van der Waals surface area contributed by atoms with Crippen LogP contribution in [0.4, 0.5) is 0 Å². The summed E-state index contributed by atoms with van der Waals surface area (Å²) in [4.78, 5) is 0. The summed E-state index contributed by atoms with van der Waals surface area (Å²) in [5.41, 5.74) is 13.7. The average molecular weight is 791 g/mol. The van der Waals surface area contributed by atoms with Gasteiger partial charge in [-0.25, -0.2) is 0 Å². The van der Waals surface area contributed by atoms with E-state index in [1.165, 1.54) is 0 Å². The van der Waals surface area contributed by atoms with Crippen LogP contribution in [-0.4, -0.2) is 9.13 Å². The van der Waals surface area contributed by atoms with Crippen LogP contribution < -0.4 is 0 Å². The molecule has 0 N–H and O–H groups in total. The lowest BCUT2D eigenvalue weighted by Gasteiger charge is -2.17. The molecular weight excluding hydrogens is 761 g/mol. The normalized spacial score (nSPS) is 11.8. The standard InChI is InChI=1S/C56H30N4O2/c57-31-34-11-1-2-12-39(34)33-21-22-40(36(27-33)32-58)35-28-37(59-47-17-7-3-15-45(47)53-49(59)25-23-43-41-13-5-9-19-51(41)61-55(43)53)30-38(29-35)60-48-18-8-4-16-46(48)54-50(60)26-24-44-42-14-6-10-20-52(42)62-56(44)54/h1-30H. The minimum Gasteiger partial charge on any atom is -0.455 e. The van der Waals surface area contributed by atoms with Gasteiger partial charge in [-0.1, -0.05) is 103 Å². The van der Waals surface area contributed by atoms with Crippen molar-refractivity contribution >= 4 is 87.5 Å². The Bertz CT molecular complexity index is 3940. The number of para-hydroxylation sites is 4. The first-order valence-corrected chi connectivity index (χ1v) is 20.5. The van der Waals surface area contributed by atoms with E-state index in [9.17, 15) is 10.5 Å². The zero-order chi connectivity index (χ0) is 41.1. The molecule has 0 fully saturated rings. The van der Waals surface area contributed by atoms with E-state index in [-0.39, 0.29) is 0 Å². The van der Waals surface area contributed by atoms with Gasteiger partial charge in [-0.3, -0.25) is 0 Å². The van der Waals surface area contributed by atoms with Crippen LogP contribution in [0.2, 0.25) is 0 Å². The second kappa shape index (κ2) is 12.8. The highest BCUT2D eigenvalue weighted by Crippen LogP contribution is 2.44. The van der Waals surface area contributed by atoms with Crippen molar-refractivity contribution in [1.29, 1.82) is 10.5 Å². The molecule has 0 unspecified atom stereocenters. The van der Waals surface area contributed by atoms with Gasteiger partial charge in [0.15, 0.2) is 0 Å². The number of benzene rings is 9. The van der Waals surface area contributed by atoms with Crippen molar-refractivity contribution in [2.45, 2.75) is 0 Å². The first kappa shape index (κ1) is 34.1. The predicted octanol–water partition coefficient (Wildman–Crippen LogP) is 14.8. The Kier molecular flexibility index (Phi) is 7.05. The number of rotatable bonds is 4. The molecule has 0 spiro atoms. The second-order valence-electron chi connectivity index (χ2n) is 15.8. The molecule has 0 atom stereocenters. The van der Waals surface area contributed by atoms with Crippen molar-refractivity contribution in [3.05, 3.63) is 193 Å². The van der Waals surface area contributed by atoms with E-state index in [2.05, 4.69) is 137 Å². The molecule has 13 rings (SSSR count). The third-order valence-corrected chi connectivity index (χ3v) is 12.6. The van der Waals surface area contributed by atoms with Gasteiger partial charge in [-0.2, -0.15) is 10.5 Å². The third-order valence-electron chi connectivity index (χ3n) is 12.6. The molecular formula is C56H30N4O2. The maximum atomic E-state index is 10.8. The van der Waals surface area contributed by atoms with E-state index in [1.807, 2.05) is 60.7 Å². The van der Waals surface area contributed by atoms with Crippen LogP contribution in [0.25, 0.3) is 121 Å². The highest BCUT2D eigenvalue weighted by molar-refractivity contribution is 6.25. The highest BCUT2D eigenvalue weighted by Gasteiger charge is 2.23. The lowest BCUT2D eigenvalue weighted by Crippen LogP contribution is -2.00. The smallest absolute Gasteiger partial charge is 0.145 e. The topological polar surface area (TPSA) is 83.7 Å². The molecule has 4 heterocycles. The molecule has 0 amide bonds. The Morgan fingerprint density at radius 3 is 1.40 bits per heavy atom. The Balaban J connectivity index is 1.13. The Hall–Kier alpha value is -8.84. The molecule has 6 nitrogen and oxygen atoms in total. The lowest BCUT2D eigenvalue weighted by molar-refractivity contribution is 0.672. The molecule has 0 aliphatic rings. The largest absolute Gasteiger partial charge is 0.455 e. The van der Waals surface area contributed by atoms with Crippen LogP contribution in [0.1, 0.15) is 11.1 Å². The summed E-state index contributed by atoms with van der Waals surface area (Å²) in [6.45, 7) is 0. The summed E-state index contributed by atoms with van der Waals surface area (Å²) in [7, 11) is 0. The first-order chi connectivity index (χ1) is 30.7. The molecule has 6 heteroatoms. The van der Waals surface area contributed by atoms with Crippen LogP contribution in [0.15, 0.2) is 191 Å². The summed E-state index contributed by atoms with van der Waals surface area (Å²) in [6.07, 6.45) is 0. The monoisotopic (exact) mass is 790 g/mol. The Morgan fingerprint density at radius 1 is 0.355 bits per heavy atom. The van der Waals surface area contributed by atoms with E-state index in [1.54, 1.807) is 6.07 Å². The van der Waals surface area contributed by atoms with Gasteiger partial charge in [-0.15, -0.1) is 0 Å². The second-order valence-corrected chi connectivity index (χ2v) is 15.8. The molecule has 9 aromatic carbocycles. The van der Waals surface area contributed by atoms with Gasteiger partial charge in [0.1, 0.15) is 22.3 Å². The fraction of sp³-hybridized carbons (Fsp3) is 0. The summed E-state index contributed by atoms with van der Waals surface area (Å²) >= 11 is 0. The summed E-state index contributed by atoms with van der Waals surface area (Å²) in [5, 5.41) is 29.3. The van der Waals surface area contributed by atoms with E-state index in [0.717, 1.165) is 121 Å². The van der Waals surface area contributed by atoms with Gasteiger partial charge < -0.3 is 18.0 Å². The molecule has 13 aromatic rings. The first-order valence-electron chi connectivity index (χ1n) is 20.5. The molecule has 0 saturated heterocycles. The third kappa shape index (κ3) is 4.72. The van der Waals surface area contributed by atoms with Crippen LogP contribution in [0.5, 0.6) is 0 Å². The van der Waals surface area contributed by atoms with Crippen molar-refractivity contribution in [3.63, 3.8) is 0 Å². The zero-order valence-electron chi connectivity index (χ0n) is 32.9. The van der Waals surface area contributed by atoms with E-state index in [4.69, 9.17) is 8.83 Å². The van der Waals surface area contributed by atoms with Crippen LogP contribution in [-0.2, 0) is 0 Å². The van der Waals surface area contributed by atoms with E-state index < -0.39 is 0 Å². The maximum Gasteiger partial charge on any atom is 0.145 e. The van der Waals surface area contributed by atoms with E-state index >= 15 is 0 Å². The molecule has 62 heavy (non-hydrogen) atoms. The van der Waals surface area contributed by atoms with Crippen LogP contribution in [0, 0.1) is 22.7 Å². The quantitative estimate of drug-likeness (QED) is 0.178. The Labute approximate surface area is 353 Å². The number of furan rings is 2. The number of hydrogen-bond donors (Lipinski definition) is 0. The number of aromatic nitrogens is 2. The molecule has 0 saturated carbocycles. The van der Waals surface area contributed by atoms with Crippen LogP contribution >= 0.6 is 0 Å². The molecule has 0 bridgehead atoms. The molecule has 0 aliphatic carbocycles. The predicted molar refractivity (Wildman–Crippen MR) is 250 cm³/mol. The SMILES string of the molecule is N#Cc1ccccc1-c1ccc(-c2cc(-n3c4ccccc4c4c5oc6ccccc6c5ccc43)cc(-n3c4ccccc4c4c5oc6ccccc6c5ccc43)c2)c(C#N)c1. The minimum atomic E-state index is 0.510. The average Bonchev–Trinajstić information content (AvgIpc) is 4.08. The van der Waals surface area contributed by atoms with Gasteiger partial charge in [-0.05, 0) is 101 Å². The van der Waals surface area contributed by atoms with Gasteiger partial charge >= 0.3 is 0 Å². The number of nitrogens with zero attached hydrogens (tertiary/aromatic N) is 4. The van der Waals surface area contributed by atoms with Gasteiger partial charge in [0.05, 0.1) is 56.1 Å². The Morgan fingerprint density at radius 2 is 0.839 bits per heavy atom. The van der Waals surface area contributed by atoms with Crippen molar-refractivity contribution in [2.24, 2.45) is 0 Å². The van der Waals surface area contributed by atoms with Gasteiger partial charge in [0.25, 0.3) is 0 Å². The molecule has 4 aromatic heterocycles. The zero-order valence-corrected chi connectivity index (χ0v) is 32.9. The summed E-state index contributed by atoms with van der Waals surface area (Å²) in [6, 6.07) is 67.0. The fourth-order valence-corrected chi connectivity index (χ4v) is 9.92. The van der Waals surface area contributed by atoms with Crippen LogP contribution in [0.3, 0.4) is 0 Å². The molecule has 0 radical (unpaired) electrons. The van der Waals surface area contributed by atoms with Gasteiger partial charge in [0, 0.05) is 43.7 Å². The van der Waals surface area contributed by atoms with Crippen molar-refractivity contribution in [3.8, 4) is 45.8 Å². The highest BCUT2D eigenvalue weighted by atomic mass is 16.3. The maximum absolute atomic E-state index is 10.8.